The fraction of sp³-hybridized carbons (Fsp3) is 0.571. The average molecular weight is 254 g/mol. The zero-order valence-corrected chi connectivity index (χ0v) is 11.3. The summed E-state index contributed by atoms with van der Waals surface area (Å²) in [6.45, 7) is 4.18. The van der Waals surface area contributed by atoms with E-state index in [1.54, 1.807) is 7.11 Å². The van der Waals surface area contributed by atoms with Crippen molar-refractivity contribution < 1.29 is 4.74 Å². The normalized spacial score (nSPS) is 20.6. The molecule has 1 aliphatic heterocycles. The molecule has 17 heavy (non-hydrogen) atoms. The van der Waals surface area contributed by atoms with E-state index in [4.69, 9.17) is 16.3 Å². The van der Waals surface area contributed by atoms with Crippen LogP contribution in [0.4, 0.5) is 5.69 Å². The molecule has 1 heterocycles. The van der Waals surface area contributed by atoms with E-state index < -0.39 is 0 Å². The summed E-state index contributed by atoms with van der Waals surface area (Å²) in [6, 6.07) is 6.52. The fourth-order valence-corrected chi connectivity index (χ4v) is 2.69. The van der Waals surface area contributed by atoms with Crippen LogP contribution >= 0.6 is 11.6 Å². The molecule has 0 radical (unpaired) electrons. The second-order valence-corrected chi connectivity index (χ2v) is 4.98. The first-order valence-electron chi connectivity index (χ1n) is 6.18. The van der Waals surface area contributed by atoms with Crippen LogP contribution in [0.25, 0.3) is 0 Å². The lowest BCUT2D eigenvalue weighted by Gasteiger charge is -2.34. The number of aryl methyl sites for hydroxylation is 1. The quantitative estimate of drug-likeness (QED) is 0.766. The number of hydrogen-bond donors (Lipinski definition) is 0. The van der Waals surface area contributed by atoms with Gasteiger partial charge in [-0.3, -0.25) is 0 Å². The number of methoxy groups -OCH3 is 1. The molecule has 1 aromatic carbocycles. The van der Waals surface area contributed by atoms with Crippen LogP contribution in [-0.4, -0.2) is 26.3 Å². The van der Waals surface area contributed by atoms with E-state index in [0.29, 0.717) is 12.0 Å². The second-order valence-electron chi connectivity index (χ2n) is 4.71. The van der Waals surface area contributed by atoms with Crippen LogP contribution in [0.1, 0.15) is 24.0 Å². The van der Waals surface area contributed by atoms with Gasteiger partial charge in [-0.05, 0) is 31.4 Å². The molecular formula is C14H20ClNO. The number of rotatable bonds is 3. The third-order valence-corrected chi connectivity index (χ3v) is 3.72. The van der Waals surface area contributed by atoms with Crippen molar-refractivity contribution in [3.63, 3.8) is 0 Å². The molecule has 2 rings (SSSR count). The molecule has 0 bridgehead atoms. The molecule has 1 atom stereocenters. The third-order valence-electron chi connectivity index (χ3n) is 3.43. The van der Waals surface area contributed by atoms with Crippen molar-refractivity contribution in [3.8, 4) is 0 Å². The van der Waals surface area contributed by atoms with Crippen molar-refractivity contribution in [2.75, 3.05) is 25.1 Å². The molecule has 1 fully saturated rings. The molecule has 1 aliphatic rings. The molecule has 2 nitrogen and oxygen atoms in total. The number of anilines is 1. The fourth-order valence-electron chi connectivity index (χ4n) is 2.48. The molecule has 0 amide bonds. The summed E-state index contributed by atoms with van der Waals surface area (Å²) in [4.78, 5) is 2.40. The van der Waals surface area contributed by atoms with Crippen molar-refractivity contribution in [3.05, 3.63) is 29.3 Å². The van der Waals surface area contributed by atoms with E-state index in [-0.39, 0.29) is 0 Å². The Balaban J connectivity index is 2.20. The second kappa shape index (κ2) is 5.74. The largest absolute Gasteiger partial charge is 0.380 e. The predicted octanol–water partition coefficient (Wildman–Crippen LogP) is 3.35. The average Bonchev–Trinajstić information content (AvgIpc) is 2.38. The van der Waals surface area contributed by atoms with Gasteiger partial charge in [0, 0.05) is 31.8 Å². The summed E-state index contributed by atoms with van der Waals surface area (Å²) in [5.74, 6) is 0.575. The number of hydrogen-bond acceptors (Lipinski definition) is 2. The van der Waals surface area contributed by atoms with Crippen LogP contribution in [-0.2, 0) is 10.6 Å². The topological polar surface area (TPSA) is 12.5 Å². The van der Waals surface area contributed by atoms with Crippen LogP contribution in [0, 0.1) is 6.92 Å². The van der Waals surface area contributed by atoms with Gasteiger partial charge >= 0.3 is 0 Å². The highest BCUT2D eigenvalue weighted by Crippen LogP contribution is 2.27. The zero-order chi connectivity index (χ0) is 12.3. The van der Waals surface area contributed by atoms with Crippen LogP contribution in [0.15, 0.2) is 18.2 Å². The molecule has 0 N–H and O–H groups in total. The number of alkyl halides is 1. The van der Waals surface area contributed by atoms with Gasteiger partial charge in [0.2, 0.25) is 0 Å². The predicted molar refractivity (Wildman–Crippen MR) is 73.0 cm³/mol. The number of halogens is 1. The van der Waals surface area contributed by atoms with E-state index in [2.05, 4.69) is 30.0 Å². The maximum Gasteiger partial charge on any atom is 0.0746 e. The molecule has 94 valence electrons. The lowest BCUT2D eigenvalue weighted by atomic mass is 10.0. The Labute approximate surface area is 109 Å². The van der Waals surface area contributed by atoms with Crippen molar-refractivity contribution >= 4 is 17.3 Å². The summed E-state index contributed by atoms with van der Waals surface area (Å²) < 4.78 is 5.47. The Morgan fingerprint density at radius 1 is 1.47 bits per heavy atom. The monoisotopic (exact) mass is 253 g/mol. The van der Waals surface area contributed by atoms with Gasteiger partial charge in [0.05, 0.1) is 6.10 Å². The van der Waals surface area contributed by atoms with Gasteiger partial charge in [0.25, 0.3) is 0 Å². The maximum absolute atomic E-state index is 6.04. The van der Waals surface area contributed by atoms with E-state index in [1.807, 2.05) is 0 Å². The van der Waals surface area contributed by atoms with Crippen LogP contribution in [0.5, 0.6) is 0 Å². The number of benzene rings is 1. The molecule has 0 spiro atoms. The zero-order valence-electron chi connectivity index (χ0n) is 10.6. The number of nitrogens with zero attached hydrogens (tertiary/aromatic N) is 1. The summed E-state index contributed by atoms with van der Waals surface area (Å²) in [6.07, 6.45) is 2.71. The van der Waals surface area contributed by atoms with Gasteiger partial charge in [-0.1, -0.05) is 17.7 Å². The summed E-state index contributed by atoms with van der Waals surface area (Å²) in [7, 11) is 1.80. The SMILES string of the molecule is COC1CCCN(c2ccc(C)cc2CCl)C1. The summed E-state index contributed by atoms with van der Waals surface area (Å²) in [5, 5.41) is 0. The minimum Gasteiger partial charge on any atom is -0.380 e. The first-order valence-corrected chi connectivity index (χ1v) is 6.71. The Hall–Kier alpha value is -0.730. The first kappa shape index (κ1) is 12.7. The summed E-state index contributed by atoms with van der Waals surface area (Å²) >= 11 is 6.04. The van der Waals surface area contributed by atoms with Crippen molar-refractivity contribution in [1.82, 2.24) is 0 Å². The van der Waals surface area contributed by atoms with Gasteiger partial charge in [-0.2, -0.15) is 0 Å². The molecule has 0 saturated carbocycles. The molecule has 1 saturated heterocycles. The van der Waals surface area contributed by atoms with Crippen molar-refractivity contribution in [2.45, 2.75) is 31.7 Å². The highest BCUT2D eigenvalue weighted by molar-refractivity contribution is 6.17. The Morgan fingerprint density at radius 2 is 2.29 bits per heavy atom. The molecule has 3 heteroatoms. The summed E-state index contributed by atoms with van der Waals surface area (Å²) in [5.41, 5.74) is 3.76. The standard InChI is InChI=1S/C14H20ClNO/c1-11-5-6-14(12(8-11)9-15)16-7-3-4-13(10-16)17-2/h5-6,8,13H,3-4,7,9-10H2,1-2H3. The van der Waals surface area contributed by atoms with E-state index in [1.165, 1.54) is 23.2 Å². The Morgan fingerprint density at radius 3 is 3.00 bits per heavy atom. The Bertz CT molecular complexity index is 380. The van der Waals surface area contributed by atoms with Gasteiger partial charge in [0.15, 0.2) is 0 Å². The molecule has 0 aromatic heterocycles. The first-order chi connectivity index (χ1) is 8.24. The van der Waals surface area contributed by atoms with Crippen LogP contribution < -0.4 is 4.90 Å². The Kier molecular flexibility index (Phi) is 4.30. The smallest absolute Gasteiger partial charge is 0.0746 e. The highest BCUT2D eigenvalue weighted by atomic mass is 35.5. The number of piperidine rings is 1. The lowest BCUT2D eigenvalue weighted by molar-refractivity contribution is 0.0893. The van der Waals surface area contributed by atoms with Crippen LogP contribution in [0.2, 0.25) is 0 Å². The molecule has 0 aliphatic carbocycles. The van der Waals surface area contributed by atoms with Gasteiger partial charge in [-0.15, -0.1) is 11.6 Å². The lowest BCUT2D eigenvalue weighted by Crippen LogP contribution is -2.39. The minimum atomic E-state index is 0.355. The van der Waals surface area contributed by atoms with E-state index >= 15 is 0 Å². The molecule has 1 unspecified atom stereocenters. The highest BCUT2D eigenvalue weighted by Gasteiger charge is 2.21. The minimum absolute atomic E-state index is 0.355. The number of ether oxygens (including phenoxy) is 1. The van der Waals surface area contributed by atoms with Gasteiger partial charge in [-0.25, -0.2) is 0 Å². The van der Waals surface area contributed by atoms with Crippen molar-refractivity contribution in [1.29, 1.82) is 0 Å². The van der Waals surface area contributed by atoms with Crippen molar-refractivity contribution in [2.24, 2.45) is 0 Å². The molecule has 1 aromatic rings. The van der Waals surface area contributed by atoms with E-state index in [9.17, 15) is 0 Å². The third kappa shape index (κ3) is 2.93. The van der Waals surface area contributed by atoms with E-state index in [0.717, 1.165) is 19.5 Å². The van der Waals surface area contributed by atoms with Gasteiger partial charge in [0.1, 0.15) is 0 Å². The molecular weight excluding hydrogens is 234 g/mol. The van der Waals surface area contributed by atoms with Crippen LogP contribution in [0.3, 0.4) is 0 Å². The maximum atomic E-state index is 6.04. The van der Waals surface area contributed by atoms with Gasteiger partial charge < -0.3 is 9.64 Å².